The highest BCUT2D eigenvalue weighted by molar-refractivity contribution is 7.93. The van der Waals surface area contributed by atoms with Crippen molar-refractivity contribution in [2.75, 3.05) is 18.8 Å². The maximum atomic E-state index is 11.7. The van der Waals surface area contributed by atoms with E-state index in [4.69, 9.17) is 0 Å². The summed E-state index contributed by atoms with van der Waals surface area (Å²) in [4.78, 5) is 0. The molecule has 4 heteroatoms. The number of rotatable bonds is 1. The fourth-order valence-corrected chi connectivity index (χ4v) is 4.38. The van der Waals surface area contributed by atoms with Crippen LogP contribution in [0.5, 0.6) is 0 Å². The van der Waals surface area contributed by atoms with E-state index in [1.807, 2.05) is 13.8 Å². The van der Waals surface area contributed by atoms with Crippen LogP contribution in [0.4, 0.5) is 0 Å². The second-order valence-corrected chi connectivity index (χ2v) is 7.43. The Morgan fingerprint density at radius 1 is 1.31 bits per heavy atom. The van der Waals surface area contributed by atoms with E-state index < -0.39 is 14.6 Å². The Kier molecular flexibility index (Phi) is 1.97. The monoisotopic (exact) mass is 203 g/mol. The molecule has 2 rings (SSSR count). The van der Waals surface area contributed by atoms with Crippen LogP contribution < -0.4 is 5.32 Å². The molecule has 0 aliphatic carbocycles. The molecule has 1 N–H and O–H groups in total. The Labute approximate surface area is 79.8 Å². The zero-order valence-corrected chi connectivity index (χ0v) is 9.02. The quantitative estimate of drug-likeness (QED) is 0.672. The Morgan fingerprint density at radius 2 is 1.92 bits per heavy atom. The molecule has 76 valence electrons. The molecule has 2 aliphatic rings. The SMILES string of the molecule is CC1(C)C(C2CNC2)CCS1(=O)=O. The zero-order chi connectivity index (χ0) is 9.69. The van der Waals surface area contributed by atoms with Crippen molar-refractivity contribution in [1.82, 2.24) is 5.32 Å². The second-order valence-electron chi connectivity index (χ2n) is 4.74. The molecule has 0 radical (unpaired) electrons. The minimum atomic E-state index is -2.82. The van der Waals surface area contributed by atoms with Crippen molar-refractivity contribution in [3.63, 3.8) is 0 Å². The molecule has 2 saturated heterocycles. The molecular weight excluding hydrogens is 186 g/mol. The minimum absolute atomic E-state index is 0.374. The van der Waals surface area contributed by atoms with Crippen molar-refractivity contribution in [2.45, 2.75) is 25.0 Å². The molecule has 0 aromatic carbocycles. The van der Waals surface area contributed by atoms with Crippen LogP contribution >= 0.6 is 0 Å². The first kappa shape index (κ1) is 9.46. The van der Waals surface area contributed by atoms with Gasteiger partial charge in [0, 0.05) is 0 Å². The number of hydrogen-bond donors (Lipinski definition) is 1. The predicted molar refractivity (Wildman–Crippen MR) is 52.3 cm³/mol. The molecule has 2 heterocycles. The minimum Gasteiger partial charge on any atom is -0.316 e. The highest BCUT2D eigenvalue weighted by atomic mass is 32.2. The Hall–Kier alpha value is -0.0900. The lowest BCUT2D eigenvalue weighted by atomic mass is 9.78. The molecule has 13 heavy (non-hydrogen) atoms. The summed E-state index contributed by atoms with van der Waals surface area (Å²) in [5.74, 6) is 1.35. The van der Waals surface area contributed by atoms with Crippen LogP contribution in [0.2, 0.25) is 0 Å². The molecule has 1 unspecified atom stereocenters. The first-order valence-electron chi connectivity index (χ1n) is 4.88. The van der Waals surface area contributed by atoms with Gasteiger partial charge >= 0.3 is 0 Å². The maximum absolute atomic E-state index is 11.7. The third-order valence-corrected chi connectivity index (χ3v) is 6.45. The average Bonchev–Trinajstić information content (AvgIpc) is 2.08. The summed E-state index contributed by atoms with van der Waals surface area (Å²) in [7, 11) is -2.82. The third-order valence-electron chi connectivity index (χ3n) is 3.77. The van der Waals surface area contributed by atoms with Crippen LogP contribution in [0.3, 0.4) is 0 Å². The molecule has 3 nitrogen and oxygen atoms in total. The summed E-state index contributed by atoms with van der Waals surface area (Å²) < 4.78 is 22.9. The van der Waals surface area contributed by atoms with Gasteiger partial charge in [-0.05, 0) is 45.2 Å². The third kappa shape index (κ3) is 1.22. The van der Waals surface area contributed by atoms with E-state index in [-0.39, 0.29) is 0 Å². The summed E-state index contributed by atoms with van der Waals surface area (Å²) in [6, 6.07) is 0. The predicted octanol–water partition coefficient (Wildman–Crippen LogP) is 0.419. The van der Waals surface area contributed by atoms with Crippen LogP contribution in [-0.2, 0) is 9.84 Å². The van der Waals surface area contributed by atoms with Gasteiger partial charge in [-0.3, -0.25) is 0 Å². The fourth-order valence-electron chi connectivity index (χ4n) is 2.52. The second kappa shape index (κ2) is 2.70. The lowest BCUT2D eigenvalue weighted by molar-refractivity contribution is 0.202. The van der Waals surface area contributed by atoms with E-state index in [0.717, 1.165) is 19.5 Å². The lowest BCUT2D eigenvalue weighted by Gasteiger charge is -2.38. The first-order valence-corrected chi connectivity index (χ1v) is 6.53. The van der Waals surface area contributed by atoms with Gasteiger partial charge in [0.1, 0.15) is 0 Å². The molecule has 2 fully saturated rings. The van der Waals surface area contributed by atoms with Gasteiger partial charge in [-0.25, -0.2) is 8.42 Å². The molecule has 0 amide bonds. The highest BCUT2D eigenvalue weighted by Crippen LogP contribution is 2.42. The van der Waals surface area contributed by atoms with Gasteiger partial charge in [0.15, 0.2) is 9.84 Å². The fraction of sp³-hybridized carbons (Fsp3) is 1.00. The summed E-state index contributed by atoms with van der Waals surface area (Å²) in [5, 5.41) is 3.21. The Bertz CT molecular complexity index is 304. The first-order chi connectivity index (χ1) is 5.95. The van der Waals surface area contributed by atoms with E-state index in [1.165, 1.54) is 0 Å². The van der Waals surface area contributed by atoms with E-state index in [2.05, 4.69) is 5.32 Å². The van der Waals surface area contributed by atoms with Crippen molar-refractivity contribution in [2.24, 2.45) is 11.8 Å². The van der Waals surface area contributed by atoms with E-state index in [1.54, 1.807) is 0 Å². The van der Waals surface area contributed by atoms with E-state index in [9.17, 15) is 8.42 Å². The molecule has 0 spiro atoms. The zero-order valence-electron chi connectivity index (χ0n) is 8.21. The van der Waals surface area contributed by atoms with Gasteiger partial charge in [-0.2, -0.15) is 0 Å². The molecule has 1 atom stereocenters. The van der Waals surface area contributed by atoms with Gasteiger partial charge < -0.3 is 5.32 Å². The number of hydrogen-bond acceptors (Lipinski definition) is 3. The van der Waals surface area contributed by atoms with Crippen molar-refractivity contribution < 1.29 is 8.42 Å². The number of nitrogens with one attached hydrogen (secondary N) is 1. The van der Waals surface area contributed by atoms with Crippen LogP contribution in [0.1, 0.15) is 20.3 Å². The Balaban J connectivity index is 2.24. The van der Waals surface area contributed by atoms with Crippen LogP contribution in [0.15, 0.2) is 0 Å². The lowest BCUT2D eigenvalue weighted by Crippen LogP contribution is -2.51. The van der Waals surface area contributed by atoms with E-state index in [0.29, 0.717) is 17.6 Å². The summed E-state index contributed by atoms with van der Waals surface area (Å²) >= 11 is 0. The van der Waals surface area contributed by atoms with Crippen molar-refractivity contribution in [1.29, 1.82) is 0 Å². The largest absolute Gasteiger partial charge is 0.316 e. The van der Waals surface area contributed by atoms with Crippen molar-refractivity contribution in [3.8, 4) is 0 Å². The summed E-state index contributed by atoms with van der Waals surface area (Å²) in [6.45, 7) is 5.78. The maximum Gasteiger partial charge on any atom is 0.155 e. The summed E-state index contributed by atoms with van der Waals surface area (Å²) in [6.07, 6.45) is 0.863. The topological polar surface area (TPSA) is 46.2 Å². The number of sulfone groups is 1. The van der Waals surface area contributed by atoms with Gasteiger partial charge in [-0.15, -0.1) is 0 Å². The highest BCUT2D eigenvalue weighted by Gasteiger charge is 2.51. The van der Waals surface area contributed by atoms with Crippen LogP contribution in [0.25, 0.3) is 0 Å². The Morgan fingerprint density at radius 3 is 2.23 bits per heavy atom. The van der Waals surface area contributed by atoms with Crippen LogP contribution in [0, 0.1) is 11.8 Å². The standard InChI is InChI=1S/C9H17NO2S/c1-9(2)8(7-5-10-6-7)3-4-13(9,11)12/h7-8,10H,3-6H2,1-2H3. The van der Waals surface area contributed by atoms with E-state index >= 15 is 0 Å². The van der Waals surface area contributed by atoms with Crippen molar-refractivity contribution in [3.05, 3.63) is 0 Å². The molecule has 0 saturated carbocycles. The average molecular weight is 203 g/mol. The molecule has 0 aromatic heterocycles. The van der Waals surface area contributed by atoms with Gasteiger partial charge in [0.2, 0.25) is 0 Å². The van der Waals surface area contributed by atoms with Crippen LogP contribution in [-0.4, -0.2) is 32.0 Å². The molecular formula is C9H17NO2S. The smallest absolute Gasteiger partial charge is 0.155 e. The van der Waals surface area contributed by atoms with Gasteiger partial charge in [0.05, 0.1) is 10.5 Å². The molecule has 0 bridgehead atoms. The van der Waals surface area contributed by atoms with Crippen molar-refractivity contribution >= 4 is 9.84 Å². The van der Waals surface area contributed by atoms with Gasteiger partial charge in [-0.1, -0.05) is 0 Å². The van der Waals surface area contributed by atoms with Gasteiger partial charge in [0.25, 0.3) is 0 Å². The normalized spacial score (nSPS) is 37.2. The molecule has 0 aromatic rings. The molecule has 2 aliphatic heterocycles. The summed E-state index contributed by atoms with van der Waals surface area (Å²) in [5.41, 5.74) is 0.